The van der Waals surface area contributed by atoms with Crippen LogP contribution in [0.25, 0.3) is 21.8 Å². The highest BCUT2D eigenvalue weighted by molar-refractivity contribution is 6.03. The number of carboxylic acid groups (broad SMARTS) is 1. The van der Waals surface area contributed by atoms with Gasteiger partial charge in [-0.25, -0.2) is 14.5 Å². The van der Waals surface area contributed by atoms with Crippen LogP contribution < -0.4 is 11.0 Å². The van der Waals surface area contributed by atoms with E-state index in [0.717, 1.165) is 58.0 Å². The number of H-pyrrole nitrogens is 2. The maximum Gasteiger partial charge on any atom is 0.327 e. The third-order valence-corrected chi connectivity index (χ3v) is 8.74. The Morgan fingerprint density at radius 3 is 2.02 bits per heavy atom. The van der Waals surface area contributed by atoms with Gasteiger partial charge in [0.05, 0.1) is 6.04 Å². The fourth-order valence-corrected chi connectivity index (χ4v) is 6.33. The van der Waals surface area contributed by atoms with Gasteiger partial charge >= 0.3 is 12.0 Å². The summed E-state index contributed by atoms with van der Waals surface area (Å²) in [4.78, 5) is 64.6. The summed E-state index contributed by atoms with van der Waals surface area (Å²) in [5.41, 5.74) is 5.33. The zero-order valence-electron chi connectivity index (χ0n) is 27.4. The van der Waals surface area contributed by atoms with Crippen LogP contribution in [0.2, 0.25) is 1.41 Å². The van der Waals surface area contributed by atoms with Crippen molar-refractivity contribution in [1.82, 2.24) is 25.1 Å². The molecule has 5 rings (SSSR count). The maximum atomic E-state index is 14.8. The van der Waals surface area contributed by atoms with Crippen molar-refractivity contribution < 1.29 is 25.7 Å². The van der Waals surface area contributed by atoms with Crippen molar-refractivity contribution >= 4 is 45.6 Å². The second kappa shape index (κ2) is 14.6. The van der Waals surface area contributed by atoms with E-state index >= 15 is 0 Å². The summed E-state index contributed by atoms with van der Waals surface area (Å²) < 4.78 is 7.79. The largest absolute Gasteiger partial charge is 0.480 e. The van der Waals surface area contributed by atoms with Crippen LogP contribution >= 0.6 is 0 Å². The van der Waals surface area contributed by atoms with E-state index in [0.29, 0.717) is 25.1 Å². The van der Waals surface area contributed by atoms with Crippen molar-refractivity contribution in [3.05, 3.63) is 72.1 Å². The van der Waals surface area contributed by atoms with Gasteiger partial charge in [0, 0.05) is 60.1 Å². The van der Waals surface area contributed by atoms with Crippen LogP contribution in [0.15, 0.2) is 60.9 Å². The smallest absolute Gasteiger partial charge is 0.327 e. The number of likely N-dealkylation sites (tertiary alicyclic amines) is 1. The number of carbonyl (C=O) groups excluding carboxylic acids is 3. The Hall–Kier alpha value is -4.64. The van der Waals surface area contributed by atoms with Crippen LogP contribution in [0.3, 0.4) is 0 Å². The quantitative estimate of drug-likeness (QED) is 0.154. The van der Waals surface area contributed by atoms with E-state index in [1.807, 2.05) is 62.4 Å². The number of nitrogens with one attached hydrogen (secondary N) is 3. The lowest BCUT2D eigenvalue weighted by atomic mass is 9.99. The molecule has 2 aromatic carbocycles. The van der Waals surface area contributed by atoms with Crippen LogP contribution in [-0.2, 0) is 27.2 Å². The maximum absolute atomic E-state index is 14.8. The van der Waals surface area contributed by atoms with Crippen molar-refractivity contribution in [2.24, 2.45) is 11.6 Å². The average Bonchev–Trinajstić information content (AvgIpc) is 3.55. The summed E-state index contributed by atoms with van der Waals surface area (Å²) in [6, 6.07) is 10.6. The molecule has 0 radical (unpaired) electrons. The number of imide groups is 1. The number of nitrogens with two attached hydrogens (primary N) is 1. The van der Waals surface area contributed by atoms with Crippen molar-refractivity contribution in [3.63, 3.8) is 0 Å². The number of nitrogens with zero attached hydrogens (tertiary/aromatic N) is 2. The van der Waals surface area contributed by atoms with Crippen LogP contribution in [0.1, 0.15) is 57.1 Å². The van der Waals surface area contributed by atoms with E-state index in [4.69, 9.17) is 1.41 Å². The van der Waals surface area contributed by atoms with Crippen LogP contribution in [0.5, 0.6) is 0 Å². The van der Waals surface area contributed by atoms with Gasteiger partial charge in [-0.15, -0.1) is 0 Å². The lowest BCUT2D eigenvalue weighted by Crippen LogP contribution is -2.61. The number of hydrogen-bond acceptors (Lipinski definition) is 5. The molecule has 0 bridgehead atoms. The monoisotopic (exact) mass is 629 g/mol. The second-order valence-electron chi connectivity index (χ2n) is 12.6. The van der Waals surface area contributed by atoms with E-state index in [2.05, 4.69) is 21.0 Å². The predicted molar refractivity (Wildman–Crippen MR) is 177 cm³/mol. The van der Waals surface area contributed by atoms with Crippen LogP contribution in [-0.4, -0.2) is 79.9 Å². The highest BCUT2D eigenvalue weighted by Gasteiger charge is 2.41. The summed E-state index contributed by atoms with van der Waals surface area (Å²) in [6.45, 7) is 4.66. The van der Waals surface area contributed by atoms with Gasteiger partial charge in [0.25, 0.3) is 5.91 Å². The molecule has 0 saturated carbocycles. The highest BCUT2D eigenvalue weighted by Crippen LogP contribution is 2.25. The van der Waals surface area contributed by atoms with Crippen LogP contribution in [0.4, 0.5) is 4.79 Å². The minimum atomic E-state index is -1.54. The number of carboxylic acids is 1. The molecular weight excluding hydrogens is 584 g/mol. The molecule has 4 amide bonds. The molecule has 4 aromatic rings. The predicted octanol–water partition coefficient (Wildman–Crippen LogP) is 4.57. The molecule has 1 fully saturated rings. The van der Waals surface area contributed by atoms with Crippen molar-refractivity contribution in [3.8, 4) is 0 Å². The SMILES string of the molecule is [2H]N[C@@H](CC(C)C)C(=O)N[C@@H](Cc1c[nH]c2ccccc12)C(=O)N(C(=O)N1CCCCCC1)[C@H](Cc1c[nH]c2ccccc12)C(=O)O. The van der Waals surface area contributed by atoms with Gasteiger partial charge in [0.1, 0.15) is 13.5 Å². The van der Waals surface area contributed by atoms with E-state index in [9.17, 15) is 24.3 Å². The molecule has 11 heteroatoms. The third kappa shape index (κ3) is 7.42. The Labute approximate surface area is 270 Å². The normalized spacial score (nSPS) is 16.1. The Morgan fingerprint density at radius 1 is 0.913 bits per heavy atom. The molecule has 2 aromatic heterocycles. The second-order valence-corrected chi connectivity index (χ2v) is 12.6. The number of aromatic amines is 2. The van der Waals surface area contributed by atoms with E-state index < -0.39 is 41.9 Å². The van der Waals surface area contributed by atoms with Crippen LogP contribution in [0, 0.1) is 5.92 Å². The van der Waals surface area contributed by atoms with E-state index in [1.54, 1.807) is 17.3 Å². The van der Waals surface area contributed by atoms with Crippen molar-refractivity contribution in [2.75, 3.05) is 13.1 Å². The first-order valence-electron chi connectivity index (χ1n) is 16.6. The highest BCUT2D eigenvalue weighted by atomic mass is 16.4. The topological polar surface area (TPSA) is 165 Å². The number of urea groups is 1. The lowest BCUT2D eigenvalue weighted by molar-refractivity contribution is -0.149. The molecule has 1 aliphatic rings. The number of para-hydroxylation sites is 2. The van der Waals surface area contributed by atoms with Gasteiger partial charge in [-0.2, -0.15) is 0 Å². The van der Waals surface area contributed by atoms with Gasteiger partial charge in [-0.1, -0.05) is 63.1 Å². The minimum Gasteiger partial charge on any atom is -0.480 e. The van der Waals surface area contributed by atoms with E-state index in [-0.39, 0.29) is 18.8 Å². The number of carbonyl (C=O) groups is 4. The lowest BCUT2D eigenvalue weighted by Gasteiger charge is -2.35. The standard InChI is InChI=1S/C35H44N6O5/c1-22(2)17-27(36)32(42)39-30(18-23-20-37-28-13-7-5-11-25(23)28)33(43)41(35(46)40-15-9-3-4-10-16-40)31(34(44)45)19-24-21-38-29-14-8-6-12-26(24)29/h5-8,11-14,20-22,27,30-31,37-38H,3-4,9-10,15-19,36H2,1-2H3,(H,39,42)(H,44,45)/t27-,30-,31+/m0/s1/i/hD. The molecule has 3 heterocycles. The number of amides is 4. The van der Waals surface area contributed by atoms with Crippen molar-refractivity contribution in [2.45, 2.75) is 76.9 Å². The number of aromatic nitrogens is 2. The first kappa shape index (κ1) is 31.3. The number of aliphatic carboxylic acids is 1. The average molecular weight is 630 g/mol. The summed E-state index contributed by atoms with van der Waals surface area (Å²) in [6.07, 6.45) is 7.06. The summed E-state index contributed by atoms with van der Waals surface area (Å²) in [7, 11) is 0. The number of rotatable bonds is 12. The summed E-state index contributed by atoms with van der Waals surface area (Å²) >= 11 is 0. The molecule has 1 aliphatic heterocycles. The van der Waals surface area contributed by atoms with Crippen molar-refractivity contribution in [1.29, 1.82) is 0 Å². The number of benzene rings is 2. The molecular formula is C35H44N6O5. The molecule has 6 N–H and O–H groups in total. The van der Waals surface area contributed by atoms with Gasteiger partial charge in [0.2, 0.25) is 5.91 Å². The zero-order chi connectivity index (χ0) is 33.5. The van der Waals surface area contributed by atoms with Gasteiger partial charge in [-0.05, 0) is 48.4 Å². The Bertz CT molecular complexity index is 1710. The molecule has 0 aliphatic carbocycles. The third-order valence-electron chi connectivity index (χ3n) is 8.74. The summed E-state index contributed by atoms with van der Waals surface area (Å²) in [5.74, 6) is -2.62. The minimum absolute atomic E-state index is 0.00416. The molecule has 1 saturated heterocycles. The molecule has 3 atom stereocenters. The number of hydrogen-bond donors (Lipinski definition) is 5. The molecule has 11 nitrogen and oxygen atoms in total. The Kier molecular flexibility index (Phi) is 9.97. The number of fused-ring (bicyclic) bond motifs is 2. The Balaban J connectivity index is 1.56. The van der Waals surface area contributed by atoms with Gasteiger partial charge < -0.3 is 31.0 Å². The first-order valence-corrected chi connectivity index (χ1v) is 16.1. The summed E-state index contributed by atoms with van der Waals surface area (Å²) in [5, 5.41) is 15.1. The molecule has 0 unspecified atom stereocenters. The molecule has 46 heavy (non-hydrogen) atoms. The zero-order valence-corrected chi connectivity index (χ0v) is 26.4. The molecule has 244 valence electrons. The van der Waals surface area contributed by atoms with Gasteiger partial charge in [-0.3, -0.25) is 9.59 Å². The van der Waals surface area contributed by atoms with Gasteiger partial charge in [0.15, 0.2) is 0 Å². The van der Waals surface area contributed by atoms with E-state index in [1.165, 1.54) is 0 Å². The fraction of sp³-hybridized carbons (Fsp3) is 0.429. The first-order chi connectivity index (χ1) is 22.7. The molecule has 0 spiro atoms. The Morgan fingerprint density at radius 2 is 1.48 bits per heavy atom. The fourth-order valence-electron chi connectivity index (χ4n) is 6.33.